The van der Waals surface area contributed by atoms with Crippen molar-refractivity contribution in [2.45, 2.75) is 51.7 Å². The van der Waals surface area contributed by atoms with Gasteiger partial charge in [-0.2, -0.15) is 0 Å². The number of halogens is 2. The van der Waals surface area contributed by atoms with E-state index in [0.29, 0.717) is 0 Å². The van der Waals surface area contributed by atoms with Gasteiger partial charge in [-0.05, 0) is 87.4 Å². The molecule has 0 aliphatic carbocycles. The predicted molar refractivity (Wildman–Crippen MR) is 130 cm³/mol. The zero-order valence-electron chi connectivity index (χ0n) is 19.1. The maximum absolute atomic E-state index is 12.5. The Hall–Kier alpha value is -1.75. The van der Waals surface area contributed by atoms with Crippen LogP contribution in [0.1, 0.15) is 57.2 Å². The number of carbonyl (C=O) groups is 1. The maximum Gasteiger partial charge on any atom is 0.410 e. The molecule has 0 radical (unpaired) electrons. The molecule has 0 bridgehead atoms. The van der Waals surface area contributed by atoms with Gasteiger partial charge in [-0.15, -0.1) is 0 Å². The van der Waals surface area contributed by atoms with Crippen LogP contribution in [-0.4, -0.2) is 47.7 Å². The predicted octanol–water partition coefficient (Wildman–Crippen LogP) is 6.81. The number of rotatable bonds is 3. The van der Waals surface area contributed by atoms with Gasteiger partial charge in [0.25, 0.3) is 0 Å². The van der Waals surface area contributed by atoms with Crippen molar-refractivity contribution in [1.29, 1.82) is 0 Å². The highest BCUT2D eigenvalue weighted by molar-refractivity contribution is 6.30. The Bertz CT molecular complexity index is 884. The number of amides is 1. The third kappa shape index (κ3) is 5.41. The minimum Gasteiger partial charge on any atom is -0.444 e. The lowest BCUT2D eigenvalue weighted by Crippen LogP contribution is -2.46. The highest BCUT2D eigenvalue weighted by Gasteiger charge is 2.44. The number of hydrogen-bond donors (Lipinski definition) is 0. The molecule has 2 fully saturated rings. The van der Waals surface area contributed by atoms with Crippen LogP contribution in [0, 0.1) is 5.41 Å². The number of carbonyl (C=O) groups excluding carboxylic acids is 1. The van der Waals surface area contributed by atoms with Crippen molar-refractivity contribution in [3.63, 3.8) is 0 Å². The summed E-state index contributed by atoms with van der Waals surface area (Å²) >= 11 is 12.3. The highest BCUT2D eigenvalue weighted by Crippen LogP contribution is 2.45. The lowest BCUT2D eigenvalue weighted by molar-refractivity contribution is 0.0107. The second-order valence-electron chi connectivity index (χ2n) is 10.2. The van der Waals surface area contributed by atoms with E-state index < -0.39 is 5.60 Å². The summed E-state index contributed by atoms with van der Waals surface area (Å²) in [6.45, 7) is 9.31. The summed E-state index contributed by atoms with van der Waals surface area (Å²) in [4.78, 5) is 16.9. The molecule has 0 saturated carbocycles. The molecule has 0 unspecified atom stereocenters. The lowest BCUT2D eigenvalue weighted by Gasteiger charge is -2.40. The number of benzene rings is 2. The molecule has 0 N–H and O–H groups in total. The molecule has 4 nitrogen and oxygen atoms in total. The van der Waals surface area contributed by atoms with Gasteiger partial charge < -0.3 is 9.64 Å². The molecule has 2 heterocycles. The first-order chi connectivity index (χ1) is 15.1. The molecule has 1 spiro atoms. The van der Waals surface area contributed by atoms with Gasteiger partial charge in [0.15, 0.2) is 0 Å². The molecule has 2 aromatic carbocycles. The first-order valence-corrected chi connectivity index (χ1v) is 12.1. The fourth-order valence-corrected chi connectivity index (χ4v) is 5.24. The minimum atomic E-state index is -0.458. The van der Waals surface area contributed by atoms with Gasteiger partial charge in [0.05, 0.1) is 6.04 Å². The average Bonchev–Trinajstić information content (AvgIpc) is 3.13. The number of ether oxygens (including phenoxy) is 1. The molecular formula is C26H32Cl2N2O2. The number of hydrogen-bond acceptors (Lipinski definition) is 3. The van der Waals surface area contributed by atoms with Crippen molar-refractivity contribution in [3.8, 4) is 0 Å². The van der Waals surface area contributed by atoms with Crippen molar-refractivity contribution in [3.05, 3.63) is 69.7 Å². The van der Waals surface area contributed by atoms with E-state index in [0.717, 1.165) is 55.5 Å². The summed E-state index contributed by atoms with van der Waals surface area (Å²) < 4.78 is 5.58. The van der Waals surface area contributed by atoms with Crippen LogP contribution in [0.25, 0.3) is 0 Å². The van der Waals surface area contributed by atoms with Crippen molar-refractivity contribution < 1.29 is 9.53 Å². The Morgan fingerprint density at radius 2 is 1.34 bits per heavy atom. The van der Waals surface area contributed by atoms with Crippen LogP contribution >= 0.6 is 23.2 Å². The molecule has 0 aromatic heterocycles. The van der Waals surface area contributed by atoms with E-state index in [-0.39, 0.29) is 17.6 Å². The smallest absolute Gasteiger partial charge is 0.410 e. The summed E-state index contributed by atoms with van der Waals surface area (Å²) in [5, 5.41) is 1.49. The molecule has 6 heteroatoms. The third-order valence-electron chi connectivity index (χ3n) is 6.68. The standard InChI is InChI=1S/C26H32Cl2N2O2/c1-25(2,3)32-24(31)29-15-12-26(13-16-29)14-17-30(18-26)23(19-4-8-21(27)9-5-19)20-6-10-22(28)11-7-20/h4-11,23H,12-18H2,1-3H3. The Labute approximate surface area is 201 Å². The first kappa shape index (κ1) is 23.4. The van der Waals surface area contributed by atoms with Gasteiger partial charge in [-0.25, -0.2) is 4.79 Å². The van der Waals surface area contributed by atoms with E-state index in [2.05, 4.69) is 29.2 Å². The molecule has 2 aliphatic rings. The number of likely N-dealkylation sites (tertiary alicyclic amines) is 2. The zero-order valence-corrected chi connectivity index (χ0v) is 20.6. The Morgan fingerprint density at radius 1 is 0.875 bits per heavy atom. The lowest BCUT2D eigenvalue weighted by atomic mass is 9.78. The molecule has 32 heavy (non-hydrogen) atoms. The summed E-state index contributed by atoms with van der Waals surface area (Å²) in [6, 6.07) is 16.5. The van der Waals surface area contributed by atoms with Crippen molar-refractivity contribution in [1.82, 2.24) is 9.80 Å². The largest absolute Gasteiger partial charge is 0.444 e. The average molecular weight is 475 g/mol. The SMILES string of the molecule is CC(C)(C)OC(=O)N1CCC2(CC1)CCN(C(c1ccc(Cl)cc1)c1ccc(Cl)cc1)C2. The van der Waals surface area contributed by atoms with Crippen LogP contribution in [0.5, 0.6) is 0 Å². The maximum atomic E-state index is 12.5. The third-order valence-corrected chi connectivity index (χ3v) is 7.18. The molecule has 2 aliphatic heterocycles. The molecule has 0 atom stereocenters. The van der Waals surface area contributed by atoms with Crippen LogP contribution in [0.4, 0.5) is 4.79 Å². The molecular weight excluding hydrogens is 443 g/mol. The van der Waals surface area contributed by atoms with E-state index in [1.165, 1.54) is 11.1 Å². The van der Waals surface area contributed by atoms with E-state index in [9.17, 15) is 4.79 Å². The van der Waals surface area contributed by atoms with Gasteiger partial charge in [-0.1, -0.05) is 47.5 Å². The van der Waals surface area contributed by atoms with Gasteiger partial charge in [0.1, 0.15) is 5.60 Å². The highest BCUT2D eigenvalue weighted by atomic mass is 35.5. The Morgan fingerprint density at radius 3 is 1.81 bits per heavy atom. The summed E-state index contributed by atoms with van der Waals surface area (Å²) in [5.41, 5.74) is 2.26. The van der Waals surface area contributed by atoms with Crippen LogP contribution < -0.4 is 0 Å². The molecule has 2 aromatic rings. The van der Waals surface area contributed by atoms with Gasteiger partial charge >= 0.3 is 6.09 Å². The first-order valence-electron chi connectivity index (χ1n) is 11.4. The summed E-state index contributed by atoms with van der Waals surface area (Å²) in [5.74, 6) is 0. The summed E-state index contributed by atoms with van der Waals surface area (Å²) in [7, 11) is 0. The minimum absolute atomic E-state index is 0.160. The van der Waals surface area contributed by atoms with Crippen molar-refractivity contribution in [2.75, 3.05) is 26.2 Å². The monoisotopic (exact) mass is 474 g/mol. The van der Waals surface area contributed by atoms with Gasteiger partial charge in [-0.3, -0.25) is 4.90 Å². The van der Waals surface area contributed by atoms with Gasteiger partial charge in [0.2, 0.25) is 0 Å². The van der Waals surface area contributed by atoms with E-state index in [4.69, 9.17) is 27.9 Å². The van der Waals surface area contributed by atoms with E-state index in [1.54, 1.807) is 0 Å². The zero-order chi connectivity index (χ0) is 22.9. The quantitative estimate of drug-likeness (QED) is 0.489. The van der Waals surface area contributed by atoms with E-state index >= 15 is 0 Å². The summed E-state index contributed by atoms with van der Waals surface area (Å²) in [6.07, 6.45) is 2.97. The molecule has 4 rings (SSSR count). The second-order valence-corrected chi connectivity index (χ2v) is 11.1. The molecule has 2 saturated heterocycles. The van der Waals surface area contributed by atoms with Gasteiger partial charge in [0, 0.05) is 29.7 Å². The van der Waals surface area contributed by atoms with E-state index in [1.807, 2.05) is 49.9 Å². The number of nitrogens with zero attached hydrogens (tertiary/aromatic N) is 2. The van der Waals surface area contributed by atoms with Crippen LogP contribution in [-0.2, 0) is 4.74 Å². The Kier molecular flexibility index (Phi) is 6.76. The fourth-order valence-electron chi connectivity index (χ4n) is 4.99. The Balaban J connectivity index is 1.49. The second kappa shape index (κ2) is 9.24. The topological polar surface area (TPSA) is 32.8 Å². The fraction of sp³-hybridized carbons (Fsp3) is 0.500. The normalized spacial score (nSPS) is 19.0. The molecule has 172 valence electrons. The van der Waals surface area contributed by atoms with Crippen LogP contribution in [0.3, 0.4) is 0 Å². The van der Waals surface area contributed by atoms with Crippen molar-refractivity contribution in [2.24, 2.45) is 5.41 Å². The van der Waals surface area contributed by atoms with Crippen LogP contribution in [0.2, 0.25) is 10.0 Å². The van der Waals surface area contributed by atoms with Crippen LogP contribution in [0.15, 0.2) is 48.5 Å². The number of piperidine rings is 1. The molecule has 1 amide bonds. The van der Waals surface area contributed by atoms with Crippen molar-refractivity contribution >= 4 is 29.3 Å².